The summed E-state index contributed by atoms with van der Waals surface area (Å²) in [6.45, 7) is 1.69. The summed E-state index contributed by atoms with van der Waals surface area (Å²) in [7, 11) is 4.12. The van der Waals surface area contributed by atoms with E-state index in [1.54, 1.807) is 0 Å². The number of hydrogen-bond acceptors (Lipinski definition) is 3. The fraction of sp³-hybridized carbons (Fsp3) is 0.556. The van der Waals surface area contributed by atoms with Crippen LogP contribution in [-0.2, 0) is 0 Å². The predicted molar refractivity (Wildman–Crippen MR) is 87.6 cm³/mol. The molecule has 1 saturated heterocycles. The van der Waals surface area contributed by atoms with E-state index in [1.165, 1.54) is 30.4 Å². The van der Waals surface area contributed by atoms with Gasteiger partial charge in [-0.2, -0.15) is 0 Å². The Bertz CT molecular complexity index is 492. The van der Waals surface area contributed by atoms with Gasteiger partial charge in [-0.15, -0.1) is 0 Å². The maximum absolute atomic E-state index is 5.76. The van der Waals surface area contributed by atoms with E-state index in [-0.39, 0.29) is 0 Å². The van der Waals surface area contributed by atoms with Crippen molar-refractivity contribution in [3.8, 4) is 5.75 Å². The van der Waals surface area contributed by atoms with Crippen LogP contribution in [0.4, 0.5) is 0 Å². The van der Waals surface area contributed by atoms with E-state index in [1.807, 2.05) is 0 Å². The van der Waals surface area contributed by atoms with Crippen LogP contribution in [0, 0.1) is 0 Å². The molecule has 0 spiro atoms. The first kappa shape index (κ1) is 14.6. The Morgan fingerprint density at radius 1 is 1.19 bits per heavy atom. The molecule has 0 aromatic heterocycles. The Labute approximate surface area is 128 Å². The molecule has 2 aliphatic heterocycles. The highest BCUT2D eigenvalue weighted by molar-refractivity contribution is 5.68. The van der Waals surface area contributed by atoms with Crippen LogP contribution < -0.4 is 10.1 Å². The molecule has 2 unspecified atom stereocenters. The SMILES string of the molecule is CN(C)CCOc1ccc(C2=CC3CCCC(C2)N3)cc1. The highest BCUT2D eigenvalue weighted by Gasteiger charge is 2.25. The van der Waals surface area contributed by atoms with Crippen molar-refractivity contribution >= 4 is 5.57 Å². The zero-order valence-corrected chi connectivity index (χ0v) is 13.1. The normalized spacial score (nSPS) is 24.8. The van der Waals surface area contributed by atoms with Crippen molar-refractivity contribution in [1.29, 1.82) is 0 Å². The van der Waals surface area contributed by atoms with Gasteiger partial charge in [0.05, 0.1) is 0 Å². The van der Waals surface area contributed by atoms with Gasteiger partial charge < -0.3 is 15.0 Å². The van der Waals surface area contributed by atoms with E-state index in [0.717, 1.165) is 25.3 Å². The van der Waals surface area contributed by atoms with Crippen molar-refractivity contribution in [2.45, 2.75) is 37.8 Å². The van der Waals surface area contributed by atoms with Crippen molar-refractivity contribution in [2.75, 3.05) is 27.2 Å². The molecule has 2 aliphatic rings. The van der Waals surface area contributed by atoms with Crippen LogP contribution in [0.5, 0.6) is 5.75 Å². The molecule has 1 fully saturated rings. The second-order valence-corrected chi connectivity index (χ2v) is 6.47. The number of fused-ring (bicyclic) bond motifs is 2. The Balaban J connectivity index is 1.63. The number of piperidine rings is 1. The van der Waals surface area contributed by atoms with Crippen LogP contribution in [0.25, 0.3) is 5.57 Å². The van der Waals surface area contributed by atoms with Crippen molar-refractivity contribution in [3.63, 3.8) is 0 Å². The largest absolute Gasteiger partial charge is 0.492 e. The molecule has 0 aliphatic carbocycles. The third-order valence-electron chi connectivity index (χ3n) is 4.42. The molecule has 1 N–H and O–H groups in total. The molecule has 3 heteroatoms. The zero-order valence-electron chi connectivity index (χ0n) is 13.1. The van der Waals surface area contributed by atoms with Gasteiger partial charge in [0.25, 0.3) is 0 Å². The standard InChI is InChI=1S/C18H26N2O/c1-20(2)10-11-21-18-8-6-14(7-9-18)15-12-16-4-3-5-17(13-15)19-16/h6-9,12,16-17,19H,3-5,10-11,13H2,1-2H3. The molecule has 3 rings (SSSR count). The fourth-order valence-electron chi connectivity index (χ4n) is 3.25. The number of hydrogen-bond donors (Lipinski definition) is 1. The topological polar surface area (TPSA) is 24.5 Å². The summed E-state index contributed by atoms with van der Waals surface area (Å²) >= 11 is 0. The van der Waals surface area contributed by atoms with Crippen LogP contribution in [0.3, 0.4) is 0 Å². The zero-order chi connectivity index (χ0) is 14.7. The minimum atomic E-state index is 0.587. The Morgan fingerprint density at radius 3 is 2.71 bits per heavy atom. The number of ether oxygens (including phenoxy) is 1. The van der Waals surface area contributed by atoms with Crippen molar-refractivity contribution in [1.82, 2.24) is 10.2 Å². The summed E-state index contributed by atoms with van der Waals surface area (Å²) in [6, 6.07) is 9.88. The number of nitrogens with one attached hydrogen (secondary N) is 1. The van der Waals surface area contributed by atoms with Gasteiger partial charge in [-0.3, -0.25) is 0 Å². The van der Waals surface area contributed by atoms with E-state index in [0.29, 0.717) is 12.1 Å². The maximum atomic E-state index is 5.76. The van der Waals surface area contributed by atoms with Gasteiger partial charge in [0.15, 0.2) is 0 Å². The third-order valence-corrected chi connectivity index (χ3v) is 4.42. The predicted octanol–water partition coefficient (Wildman–Crippen LogP) is 2.92. The maximum Gasteiger partial charge on any atom is 0.119 e. The summed E-state index contributed by atoms with van der Waals surface area (Å²) in [5.41, 5.74) is 2.86. The van der Waals surface area contributed by atoms with Gasteiger partial charge in [-0.05, 0) is 56.6 Å². The van der Waals surface area contributed by atoms with E-state index >= 15 is 0 Å². The van der Waals surface area contributed by atoms with Gasteiger partial charge >= 0.3 is 0 Å². The summed E-state index contributed by atoms with van der Waals surface area (Å²) in [5, 5.41) is 3.70. The van der Waals surface area contributed by atoms with Gasteiger partial charge in [0.2, 0.25) is 0 Å². The van der Waals surface area contributed by atoms with Gasteiger partial charge in [0, 0.05) is 18.6 Å². The van der Waals surface area contributed by atoms with E-state index < -0.39 is 0 Å². The first-order chi connectivity index (χ1) is 10.2. The number of nitrogens with zero attached hydrogens (tertiary/aromatic N) is 1. The molecular weight excluding hydrogens is 260 g/mol. The fourth-order valence-corrected chi connectivity index (χ4v) is 3.25. The number of benzene rings is 1. The minimum Gasteiger partial charge on any atom is -0.492 e. The van der Waals surface area contributed by atoms with E-state index in [9.17, 15) is 0 Å². The first-order valence-electron chi connectivity index (χ1n) is 8.05. The Morgan fingerprint density at radius 2 is 2.00 bits per heavy atom. The van der Waals surface area contributed by atoms with Crippen molar-refractivity contribution in [3.05, 3.63) is 35.9 Å². The molecule has 1 aromatic carbocycles. The Hall–Kier alpha value is -1.32. The molecule has 2 heterocycles. The lowest BCUT2D eigenvalue weighted by atomic mass is 9.85. The Kier molecular flexibility index (Phi) is 4.61. The highest BCUT2D eigenvalue weighted by atomic mass is 16.5. The number of likely N-dealkylation sites (N-methyl/N-ethyl adjacent to an activating group) is 1. The molecule has 1 aromatic rings. The van der Waals surface area contributed by atoms with Crippen molar-refractivity contribution < 1.29 is 4.74 Å². The monoisotopic (exact) mass is 286 g/mol. The third kappa shape index (κ3) is 3.86. The summed E-state index contributed by atoms with van der Waals surface area (Å²) in [6.07, 6.45) is 7.56. The molecule has 114 valence electrons. The minimum absolute atomic E-state index is 0.587. The van der Waals surface area contributed by atoms with E-state index in [4.69, 9.17) is 4.74 Å². The van der Waals surface area contributed by atoms with E-state index in [2.05, 4.69) is 54.7 Å². The second-order valence-electron chi connectivity index (χ2n) is 6.47. The molecule has 3 nitrogen and oxygen atoms in total. The van der Waals surface area contributed by atoms with Crippen LogP contribution in [-0.4, -0.2) is 44.2 Å². The lowest BCUT2D eigenvalue weighted by Crippen LogP contribution is -2.44. The number of rotatable bonds is 5. The molecule has 21 heavy (non-hydrogen) atoms. The second kappa shape index (κ2) is 6.63. The van der Waals surface area contributed by atoms with Gasteiger partial charge in [0.1, 0.15) is 12.4 Å². The summed E-state index contributed by atoms with van der Waals surface area (Å²) in [4.78, 5) is 2.13. The molecule has 0 amide bonds. The molecule has 0 saturated carbocycles. The van der Waals surface area contributed by atoms with Crippen molar-refractivity contribution in [2.24, 2.45) is 0 Å². The molecule has 2 bridgehead atoms. The quantitative estimate of drug-likeness (QED) is 0.900. The lowest BCUT2D eigenvalue weighted by molar-refractivity contribution is 0.261. The molecule has 0 radical (unpaired) electrons. The summed E-state index contributed by atoms with van der Waals surface area (Å²) < 4.78 is 5.76. The van der Waals surface area contributed by atoms with Crippen LogP contribution in [0.2, 0.25) is 0 Å². The summed E-state index contributed by atoms with van der Waals surface area (Å²) in [5.74, 6) is 0.968. The van der Waals surface area contributed by atoms with Crippen LogP contribution in [0.15, 0.2) is 30.3 Å². The lowest BCUT2D eigenvalue weighted by Gasteiger charge is -2.35. The average molecular weight is 286 g/mol. The van der Waals surface area contributed by atoms with Crippen LogP contribution in [0.1, 0.15) is 31.2 Å². The molecular formula is C18H26N2O. The van der Waals surface area contributed by atoms with Crippen LogP contribution >= 0.6 is 0 Å². The molecule has 2 atom stereocenters. The van der Waals surface area contributed by atoms with Gasteiger partial charge in [-0.1, -0.05) is 24.6 Å². The van der Waals surface area contributed by atoms with Gasteiger partial charge in [-0.25, -0.2) is 0 Å². The average Bonchev–Trinajstić information content (AvgIpc) is 2.47. The smallest absolute Gasteiger partial charge is 0.119 e. The first-order valence-corrected chi connectivity index (χ1v) is 8.05. The highest BCUT2D eigenvalue weighted by Crippen LogP contribution is 2.31.